The molecule has 1 N–H and O–H groups in total. The maximum atomic E-state index is 12.8. The van der Waals surface area contributed by atoms with Crippen LogP contribution in [0.3, 0.4) is 0 Å². The standard InChI is InChI=1S/C25H28N2O6S/c1-18(19-10-15-23(31-3)24(16-19)32-4)26-25(28)17-33-21-13-11-20(12-14-21)27(2)34(29,30)22-8-6-5-7-9-22/h5-16,18H,17H2,1-4H3,(H,26,28)/t18-/m0/s1. The molecule has 3 aromatic carbocycles. The summed E-state index contributed by atoms with van der Waals surface area (Å²) in [5.41, 5.74) is 1.33. The van der Waals surface area contributed by atoms with Gasteiger partial charge in [-0.2, -0.15) is 0 Å². The second-order valence-electron chi connectivity index (χ2n) is 7.47. The summed E-state index contributed by atoms with van der Waals surface area (Å²) in [5.74, 6) is 1.34. The number of benzene rings is 3. The third-order valence-electron chi connectivity index (χ3n) is 5.26. The SMILES string of the molecule is COc1ccc([C@H](C)NC(=O)COc2ccc(N(C)S(=O)(=O)c3ccccc3)cc2)cc1OC. The van der Waals surface area contributed by atoms with Crippen molar-refractivity contribution < 1.29 is 27.4 Å². The average molecular weight is 485 g/mol. The topological polar surface area (TPSA) is 94.2 Å². The zero-order chi connectivity index (χ0) is 24.7. The number of nitrogens with zero attached hydrogens (tertiary/aromatic N) is 1. The van der Waals surface area contributed by atoms with E-state index in [4.69, 9.17) is 14.2 Å². The van der Waals surface area contributed by atoms with Crippen LogP contribution in [-0.2, 0) is 14.8 Å². The summed E-state index contributed by atoms with van der Waals surface area (Å²) in [6, 6.07) is 19.9. The van der Waals surface area contributed by atoms with E-state index in [-0.39, 0.29) is 23.5 Å². The molecule has 1 amide bonds. The molecule has 1 atom stereocenters. The number of carbonyl (C=O) groups is 1. The smallest absolute Gasteiger partial charge is 0.264 e. The molecular weight excluding hydrogens is 456 g/mol. The van der Waals surface area contributed by atoms with Crippen molar-refractivity contribution in [1.29, 1.82) is 0 Å². The van der Waals surface area contributed by atoms with E-state index in [1.807, 2.05) is 19.1 Å². The zero-order valence-corrected chi connectivity index (χ0v) is 20.3. The number of hydrogen-bond donors (Lipinski definition) is 1. The lowest BCUT2D eigenvalue weighted by Crippen LogP contribution is -2.31. The van der Waals surface area contributed by atoms with Crippen molar-refractivity contribution in [2.75, 3.05) is 32.2 Å². The Morgan fingerprint density at radius 1 is 0.941 bits per heavy atom. The Balaban J connectivity index is 1.57. The maximum absolute atomic E-state index is 12.8. The molecule has 8 nitrogen and oxygen atoms in total. The summed E-state index contributed by atoms with van der Waals surface area (Å²) in [6.07, 6.45) is 0. The molecule has 0 saturated heterocycles. The highest BCUT2D eigenvalue weighted by Crippen LogP contribution is 2.30. The van der Waals surface area contributed by atoms with Crippen molar-refractivity contribution in [2.45, 2.75) is 17.9 Å². The van der Waals surface area contributed by atoms with E-state index in [0.717, 1.165) is 5.56 Å². The highest BCUT2D eigenvalue weighted by Gasteiger charge is 2.21. The van der Waals surface area contributed by atoms with Gasteiger partial charge in [-0.3, -0.25) is 9.10 Å². The number of amides is 1. The molecule has 0 aliphatic rings. The van der Waals surface area contributed by atoms with Crippen LogP contribution >= 0.6 is 0 Å². The molecule has 34 heavy (non-hydrogen) atoms. The Hall–Kier alpha value is -3.72. The highest BCUT2D eigenvalue weighted by atomic mass is 32.2. The molecule has 0 aliphatic heterocycles. The molecule has 0 radical (unpaired) electrons. The fourth-order valence-electron chi connectivity index (χ4n) is 3.28. The van der Waals surface area contributed by atoms with E-state index in [1.165, 1.54) is 11.4 Å². The molecule has 180 valence electrons. The van der Waals surface area contributed by atoms with Crippen LogP contribution < -0.4 is 23.8 Å². The molecule has 0 aliphatic carbocycles. The molecule has 0 aromatic heterocycles. The monoisotopic (exact) mass is 484 g/mol. The van der Waals surface area contributed by atoms with E-state index in [1.54, 1.807) is 74.9 Å². The number of methoxy groups -OCH3 is 2. The van der Waals surface area contributed by atoms with E-state index in [2.05, 4.69) is 5.32 Å². The quantitative estimate of drug-likeness (QED) is 0.471. The largest absolute Gasteiger partial charge is 0.493 e. The van der Waals surface area contributed by atoms with E-state index in [0.29, 0.717) is 22.9 Å². The maximum Gasteiger partial charge on any atom is 0.264 e. The predicted octanol–water partition coefficient (Wildman–Crippen LogP) is 3.79. The van der Waals surface area contributed by atoms with E-state index < -0.39 is 10.0 Å². The van der Waals surface area contributed by atoms with Gasteiger partial charge in [0, 0.05) is 7.05 Å². The normalized spacial score (nSPS) is 11.9. The lowest BCUT2D eigenvalue weighted by molar-refractivity contribution is -0.123. The number of sulfonamides is 1. The Morgan fingerprint density at radius 2 is 1.59 bits per heavy atom. The molecule has 9 heteroatoms. The van der Waals surface area contributed by atoms with Crippen molar-refractivity contribution in [2.24, 2.45) is 0 Å². The molecule has 0 unspecified atom stereocenters. The lowest BCUT2D eigenvalue weighted by atomic mass is 10.1. The summed E-state index contributed by atoms with van der Waals surface area (Å²) in [7, 11) is 0.936. The third-order valence-corrected chi connectivity index (χ3v) is 7.06. The van der Waals surface area contributed by atoms with E-state index in [9.17, 15) is 13.2 Å². The van der Waals surface area contributed by atoms with Gasteiger partial charge in [0.1, 0.15) is 5.75 Å². The molecule has 3 aromatic rings. The molecule has 0 saturated carbocycles. The minimum atomic E-state index is -3.67. The number of carbonyl (C=O) groups excluding carboxylic acids is 1. The summed E-state index contributed by atoms with van der Waals surface area (Å²) < 4.78 is 42.8. The first kappa shape index (κ1) is 24.9. The molecule has 0 spiro atoms. The molecule has 3 rings (SSSR count). The van der Waals surface area contributed by atoms with Crippen molar-refractivity contribution in [1.82, 2.24) is 5.32 Å². The fraction of sp³-hybridized carbons (Fsp3) is 0.240. The summed E-state index contributed by atoms with van der Waals surface area (Å²) in [4.78, 5) is 12.6. The third kappa shape index (κ3) is 5.79. The van der Waals surface area contributed by atoms with Crippen molar-refractivity contribution in [3.63, 3.8) is 0 Å². The second kappa shape index (κ2) is 10.9. The van der Waals surface area contributed by atoms with Crippen LogP contribution in [0.2, 0.25) is 0 Å². The van der Waals surface area contributed by atoms with Gasteiger partial charge in [-0.05, 0) is 61.0 Å². The van der Waals surface area contributed by atoms with E-state index >= 15 is 0 Å². The average Bonchev–Trinajstić information content (AvgIpc) is 2.87. The van der Waals surface area contributed by atoms with Gasteiger partial charge < -0.3 is 19.5 Å². The Kier molecular flexibility index (Phi) is 8.01. The second-order valence-corrected chi connectivity index (χ2v) is 9.44. The Bertz CT molecular complexity index is 1210. The first-order valence-electron chi connectivity index (χ1n) is 10.5. The first-order chi connectivity index (χ1) is 16.3. The molecular formula is C25H28N2O6S. The van der Waals surface area contributed by atoms with Crippen LogP contribution in [0.5, 0.6) is 17.2 Å². The van der Waals surface area contributed by atoms with Crippen LogP contribution in [0.4, 0.5) is 5.69 Å². The minimum absolute atomic E-state index is 0.185. The van der Waals surface area contributed by atoms with Crippen molar-refractivity contribution in [3.05, 3.63) is 78.4 Å². The van der Waals surface area contributed by atoms with Gasteiger partial charge in [0.05, 0.1) is 30.8 Å². The minimum Gasteiger partial charge on any atom is -0.493 e. The van der Waals surface area contributed by atoms with Crippen LogP contribution in [0.25, 0.3) is 0 Å². The number of anilines is 1. The number of hydrogen-bond acceptors (Lipinski definition) is 6. The van der Waals surface area contributed by atoms with Gasteiger partial charge in [-0.25, -0.2) is 8.42 Å². The molecule has 0 heterocycles. The fourth-order valence-corrected chi connectivity index (χ4v) is 4.50. The highest BCUT2D eigenvalue weighted by molar-refractivity contribution is 7.92. The number of ether oxygens (including phenoxy) is 3. The van der Waals surface area contributed by atoms with Crippen LogP contribution in [0.1, 0.15) is 18.5 Å². The summed E-state index contributed by atoms with van der Waals surface area (Å²) in [6.45, 7) is 1.67. The molecule has 0 bridgehead atoms. The van der Waals surface area contributed by atoms with Gasteiger partial charge >= 0.3 is 0 Å². The first-order valence-corrected chi connectivity index (χ1v) is 12.0. The van der Waals surface area contributed by atoms with Gasteiger partial charge in [-0.1, -0.05) is 24.3 Å². The zero-order valence-electron chi connectivity index (χ0n) is 19.5. The predicted molar refractivity (Wildman–Crippen MR) is 130 cm³/mol. The summed E-state index contributed by atoms with van der Waals surface area (Å²) >= 11 is 0. The van der Waals surface area contributed by atoms with Gasteiger partial charge in [0.15, 0.2) is 18.1 Å². The number of rotatable bonds is 10. The van der Waals surface area contributed by atoms with Gasteiger partial charge in [0.25, 0.3) is 15.9 Å². The van der Waals surface area contributed by atoms with Gasteiger partial charge in [-0.15, -0.1) is 0 Å². The van der Waals surface area contributed by atoms with Crippen LogP contribution in [-0.4, -0.2) is 42.2 Å². The Morgan fingerprint density at radius 3 is 2.21 bits per heavy atom. The van der Waals surface area contributed by atoms with Crippen molar-refractivity contribution >= 4 is 21.6 Å². The van der Waals surface area contributed by atoms with Crippen molar-refractivity contribution in [3.8, 4) is 17.2 Å². The molecule has 0 fully saturated rings. The Labute approximate surface area is 200 Å². The lowest BCUT2D eigenvalue weighted by Gasteiger charge is -2.20. The van der Waals surface area contributed by atoms with Crippen LogP contribution in [0, 0.1) is 0 Å². The summed E-state index contributed by atoms with van der Waals surface area (Å²) in [5, 5.41) is 2.88. The van der Waals surface area contributed by atoms with Gasteiger partial charge in [0.2, 0.25) is 0 Å². The number of nitrogens with one attached hydrogen (secondary N) is 1. The van der Waals surface area contributed by atoms with Crippen LogP contribution in [0.15, 0.2) is 77.7 Å².